The Morgan fingerprint density at radius 3 is 2.07 bits per heavy atom. The van der Waals surface area contributed by atoms with Crippen LogP contribution in [0.25, 0.3) is 0 Å². The molecule has 0 aliphatic carbocycles. The van der Waals surface area contributed by atoms with E-state index in [9.17, 15) is 8.42 Å². The van der Waals surface area contributed by atoms with Gasteiger partial charge in [0.05, 0.1) is 4.90 Å². The molecule has 0 spiro atoms. The smallest absolute Gasteiger partial charge is 0.175 e. The van der Waals surface area contributed by atoms with E-state index in [1.165, 1.54) is 6.26 Å². The Labute approximate surface area is 94.4 Å². The second-order valence-electron chi connectivity index (χ2n) is 2.68. The molecule has 2 nitrogen and oxygen atoms in total. The highest BCUT2D eigenvalue weighted by molar-refractivity contribution is 9.10. The summed E-state index contributed by atoms with van der Waals surface area (Å²) in [6.45, 7) is 5.78. The highest BCUT2D eigenvalue weighted by Gasteiger charge is 2.09. The quantitative estimate of drug-likeness (QED) is 0.791. The Hall–Kier alpha value is -0.350. The van der Waals surface area contributed by atoms with Crippen molar-refractivity contribution in [3.05, 3.63) is 28.2 Å². The molecule has 0 aromatic heterocycles. The molecule has 0 heterocycles. The molecule has 0 amide bonds. The summed E-state index contributed by atoms with van der Waals surface area (Å²) in [6, 6.07) is 5.12. The number of sulfone groups is 1. The molecule has 0 N–H and O–H groups in total. The second-order valence-corrected chi connectivity index (χ2v) is 5.58. The van der Waals surface area contributed by atoms with Crippen molar-refractivity contribution < 1.29 is 8.42 Å². The normalized spacial score (nSPS) is 10.4. The third-order valence-corrected chi connectivity index (χ3v) is 3.29. The van der Waals surface area contributed by atoms with Crippen LogP contribution in [0.15, 0.2) is 27.6 Å². The van der Waals surface area contributed by atoms with E-state index in [0.717, 1.165) is 10.0 Å². The van der Waals surface area contributed by atoms with Crippen LogP contribution in [-0.4, -0.2) is 14.7 Å². The molecule has 0 bridgehead atoms. The lowest BCUT2D eigenvalue weighted by Gasteiger charge is -2.02. The molecule has 1 aromatic carbocycles. The van der Waals surface area contributed by atoms with Crippen molar-refractivity contribution in [2.75, 3.05) is 6.26 Å². The van der Waals surface area contributed by atoms with Gasteiger partial charge in [-0.1, -0.05) is 29.8 Å². The van der Waals surface area contributed by atoms with Gasteiger partial charge in [-0.2, -0.15) is 0 Å². The molecule has 80 valence electrons. The Morgan fingerprint density at radius 1 is 1.21 bits per heavy atom. The van der Waals surface area contributed by atoms with E-state index >= 15 is 0 Å². The molecule has 4 heteroatoms. The summed E-state index contributed by atoms with van der Waals surface area (Å²) in [5.41, 5.74) is 0.770. The summed E-state index contributed by atoms with van der Waals surface area (Å²) >= 11 is 3.27. The fourth-order valence-corrected chi connectivity index (χ4v) is 2.46. The molecule has 1 rings (SSSR count). The molecule has 1 aromatic rings. The molecule has 0 atom stereocenters. The van der Waals surface area contributed by atoms with Crippen LogP contribution in [0.2, 0.25) is 0 Å². The number of hydrogen-bond acceptors (Lipinski definition) is 2. The van der Waals surface area contributed by atoms with Gasteiger partial charge in [0.2, 0.25) is 0 Å². The van der Waals surface area contributed by atoms with Crippen molar-refractivity contribution in [2.24, 2.45) is 0 Å². The van der Waals surface area contributed by atoms with Crippen LogP contribution in [0.1, 0.15) is 19.4 Å². The average Bonchev–Trinajstić information content (AvgIpc) is 2.05. The van der Waals surface area contributed by atoms with Crippen LogP contribution in [0.4, 0.5) is 0 Å². The van der Waals surface area contributed by atoms with Gasteiger partial charge in [0.25, 0.3) is 0 Å². The first kappa shape index (κ1) is 13.7. The minimum absolute atomic E-state index is 0.394. The predicted octanol–water partition coefficient (Wildman–Crippen LogP) is 3.19. The second kappa shape index (κ2) is 5.51. The maximum absolute atomic E-state index is 11.1. The van der Waals surface area contributed by atoms with Crippen molar-refractivity contribution >= 4 is 25.8 Å². The number of benzene rings is 1. The molecule has 14 heavy (non-hydrogen) atoms. The van der Waals surface area contributed by atoms with Crippen LogP contribution in [-0.2, 0) is 9.84 Å². The van der Waals surface area contributed by atoms with E-state index < -0.39 is 9.84 Å². The van der Waals surface area contributed by atoms with Crippen LogP contribution in [0, 0.1) is 6.92 Å². The van der Waals surface area contributed by atoms with Crippen molar-refractivity contribution in [1.29, 1.82) is 0 Å². The van der Waals surface area contributed by atoms with Crippen molar-refractivity contribution in [1.82, 2.24) is 0 Å². The summed E-state index contributed by atoms with van der Waals surface area (Å²) in [6.07, 6.45) is 1.21. The number of aryl methyl sites for hydroxylation is 1. The van der Waals surface area contributed by atoms with Crippen LogP contribution in [0.3, 0.4) is 0 Å². The first-order chi connectivity index (χ1) is 6.41. The van der Waals surface area contributed by atoms with Crippen LogP contribution < -0.4 is 0 Å². The molecule has 0 fully saturated rings. The van der Waals surface area contributed by atoms with Gasteiger partial charge < -0.3 is 0 Å². The van der Waals surface area contributed by atoms with E-state index in [0.29, 0.717) is 4.90 Å². The fourth-order valence-electron chi connectivity index (χ4n) is 1.03. The lowest BCUT2D eigenvalue weighted by atomic mass is 10.2. The van der Waals surface area contributed by atoms with E-state index in [1.54, 1.807) is 25.1 Å². The Bertz CT molecular complexity index is 397. The van der Waals surface area contributed by atoms with Crippen molar-refractivity contribution in [3.8, 4) is 0 Å². The molecule has 0 saturated carbocycles. The highest BCUT2D eigenvalue weighted by Crippen LogP contribution is 2.19. The van der Waals surface area contributed by atoms with E-state index in [-0.39, 0.29) is 0 Å². The molecule has 0 saturated heterocycles. The van der Waals surface area contributed by atoms with Crippen LogP contribution in [0.5, 0.6) is 0 Å². The van der Waals surface area contributed by atoms with Gasteiger partial charge in [0.15, 0.2) is 9.84 Å². The minimum Gasteiger partial charge on any atom is -0.224 e. The molecule has 0 aliphatic heterocycles. The van der Waals surface area contributed by atoms with Gasteiger partial charge in [0, 0.05) is 10.7 Å². The lowest BCUT2D eigenvalue weighted by molar-refractivity contribution is 0.601. The van der Waals surface area contributed by atoms with Gasteiger partial charge in [-0.3, -0.25) is 0 Å². The summed E-state index contributed by atoms with van der Waals surface area (Å²) < 4.78 is 23.2. The molecule has 0 radical (unpaired) electrons. The summed E-state index contributed by atoms with van der Waals surface area (Å²) in [4.78, 5) is 0.394. The summed E-state index contributed by atoms with van der Waals surface area (Å²) in [5, 5.41) is 0. The van der Waals surface area contributed by atoms with Gasteiger partial charge >= 0.3 is 0 Å². The van der Waals surface area contributed by atoms with E-state index in [2.05, 4.69) is 15.9 Å². The predicted molar refractivity (Wildman–Crippen MR) is 63.3 cm³/mol. The third kappa shape index (κ3) is 3.80. The maximum atomic E-state index is 11.1. The molecule has 0 aliphatic rings. The zero-order chi connectivity index (χ0) is 11.4. The van der Waals surface area contributed by atoms with E-state index in [4.69, 9.17) is 0 Å². The molecule has 0 unspecified atom stereocenters. The maximum Gasteiger partial charge on any atom is 0.175 e. The summed E-state index contributed by atoms with van der Waals surface area (Å²) in [7, 11) is -3.07. The molecular weight excluding hydrogens is 264 g/mol. The van der Waals surface area contributed by atoms with Crippen molar-refractivity contribution in [2.45, 2.75) is 25.7 Å². The van der Waals surface area contributed by atoms with Gasteiger partial charge in [-0.05, 0) is 30.7 Å². The largest absolute Gasteiger partial charge is 0.224 e. The Morgan fingerprint density at radius 2 is 1.71 bits per heavy atom. The Kier molecular flexibility index (Phi) is 5.37. The third-order valence-electron chi connectivity index (χ3n) is 1.54. The van der Waals surface area contributed by atoms with Crippen molar-refractivity contribution in [3.63, 3.8) is 0 Å². The van der Waals surface area contributed by atoms with Crippen LogP contribution >= 0.6 is 15.9 Å². The Balaban J connectivity index is 0.000000791. The summed E-state index contributed by atoms with van der Waals surface area (Å²) in [5.74, 6) is 0. The van der Waals surface area contributed by atoms with Gasteiger partial charge in [0.1, 0.15) is 0 Å². The lowest BCUT2D eigenvalue weighted by Crippen LogP contribution is -1.99. The monoisotopic (exact) mass is 278 g/mol. The fraction of sp³-hybridized carbons (Fsp3) is 0.400. The number of halogens is 1. The number of hydrogen-bond donors (Lipinski definition) is 0. The molecular formula is C10H15BrO2S. The minimum atomic E-state index is -3.07. The average molecular weight is 279 g/mol. The first-order valence-corrected chi connectivity index (χ1v) is 7.06. The number of rotatable bonds is 1. The zero-order valence-corrected chi connectivity index (χ0v) is 11.2. The van der Waals surface area contributed by atoms with E-state index in [1.807, 2.05) is 13.8 Å². The van der Waals surface area contributed by atoms with Gasteiger partial charge in [-0.15, -0.1) is 0 Å². The topological polar surface area (TPSA) is 34.1 Å². The first-order valence-electron chi connectivity index (χ1n) is 4.37. The standard InChI is InChI=1S/C8H9BrO2S.C2H6/c1-6-5-7(9)3-4-8(6)12(2,10)11;1-2/h3-5H,1-2H3;1-2H3. The van der Waals surface area contributed by atoms with Gasteiger partial charge in [-0.25, -0.2) is 8.42 Å². The highest BCUT2D eigenvalue weighted by atomic mass is 79.9. The zero-order valence-electron chi connectivity index (χ0n) is 8.83. The SMILES string of the molecule is CC.Cc1cc(Br)ccc1S(C)(=O)=O.